The third-order valence-corrected chi connectivity index (χ3v) is 9.35. The minimum Gasteiger partial charge on any atom is -0.352 e. The first-order chi connectivity index (χ1) is 20.3. The van der Waals surface area contributed by atoms with Crippen molar-refractivity contribution in [2.24, 2.45) is 11.3 Å². The fourth-order valence-electron chi connectivity index (χ4n) is 7.41. The van der Waals surface area contributed by atoms with Gasteiger partial charge >= 0.3 is 0 Å². The van der Waals surface area contributed by atoms with Crippen molar-refractivity contribution in [3.8, 4) is 0 Å². The number of hydrogen-bond acceptors (Lipinski definition) is 4. The Morgan fingerprint density at radius 2 is 1.45 bits per heavy atom. The molecular weight excluding hydrogens is 542 g/mol. The monoisotopic (exact) mass is 571 g/mol. The van der Waals surface area contributed by atoms with Crippen LogP contribution in [-0.4, -0.2) is 29.4 Å². The van der Waals surface area contributed by atoms with E-state index >= 15 is 0 Å². The number of Topliss-reactive ketones (excluding diaryl/α,β-unsaturated/α-hetero) is 3. The fourth-order valence-corrected chi connectivity index (χ4v) is 7.53. The molecule has 4 aromatic carbocycles. The van der Waals surface area contributed by atoms with E-state index in [4.69, 9.17) is 11.6 Å². The highest BCUT2D eigenvalue weighted by Gasteiger charge is 2.71. The molecule has 0 saturated carbocycles. The molecule has 3 atom stereocenters. The number of hydrogen-bond donors (Lipinski definition) is 0. The molecule has 1 fully saturated rings. The third-order valence-electron chi connectivity index (χ3n) is 9.09. The molecule has 1 saturated heterocycles. The van der Waals surface area contributed by atoms with E-state index in [2.05, 4.69) is 13.8 Å². The van der Waals surface area contributed by atoms with Crippen molar-refractivity contribution in [3.63, 3.8) is 0 Å². The Morgan fingerprint density at radius 1 is 0.833 bits per heavy atom. The number of ketones is 3. The summed E-state index contributed by atoms with van der Waals surface area (Å²) in [6.07, 6.45) is 4.85. The summed E-state index contributed by atoms with van der Waals surface area (Å²) in [5.74, 6) is -0.830. The lowest BCUT2D eigenvalue weighted by molar-refractivity contribution is 0.0666. The second kappa shape index (κ2) is 9.92. The van der Waals surface area contributed by atoms with Gasteiger partial charge in [-0.25, -0.2) is 0 Å². The largest absolute Gasteiger partial charge is 0.352 e. The zero-order valence-electron chi connectivity index (χ0n) is 23.5. The van der Waals surface area contributed by atoms with E-state index in [1.165, 1.54) is 5.56 Å². The van der Waals surface area contributed by atoms with Crippen LogP contribution in [0, 0.1) is 11.3 Å². The van der Waals surface area contributed by atoms with Gasteiger partial charge in [0.2, 0.25) is 0 Å². The smallest absolute Gasteiger partial charge is 0.185 e. The van der Waals surface area contributed by atoms with E-state index in [0.717, 1.165) is 23.2 Å². The first-order valence-electron chi connectivity index (χ1n) is 14.4. The Labute approximate surface area is 250 Å². The molecule has 0 radical (unpaired) electrons. The summed E-state index contributed by atoms with van der Waals surface area (Å²) in [5.41, 5.74) is 3.57. The summed E-state index contributed by atoms with van der Waals surface area (Å²) in [4.78, 5) is 46.2. The van der Waals surface area contributed by atoms with Crippen molar-refractivity contribution in [1.82, 2.24) is 0 Å². The molecule has 5 heteroatoms. The first-order valence-corrected chi connectivity index (χ1v) is 14.8. The average Bonchev–Trinajstić information content (AvgIpc) is 3.43. The van der Waals surface area contributed by atoms with Crippen LogP contribution in [0.15, 0.2) is 103 Å². The SMILES string of the molecule is CC(C)Cc1ccc(C(=O)[C@@H]2[C@@H](c3ccc(Cl)cc3)C3(C(=O)c4ccccc4C3=O)[C@H]3C=Cc4ccccc4N23)cc1. The van der Waals surface area contributed by atoms with Crippen LogP contribution in [-0.2, 0) is 6.42 Å². The van der Waals surface area contributed by atoms with Crippen LogP contribution in [0.2, 0.25) is 5.02 Å². The highest BCUT2D eigenvalue weighted by atomic mass is 35.5. The van der Waals surface area contributed by atoms with Gasteiger partial charge in [0.25, 0.3) is 0 Å². The molecule has 2 aliphatic heterocycles. The van der Waals surface area contributed by atoms with Crippen molar-refractivity contribution >= 4 is 40.7 Å². The zero-order valence-corrected chi connectivity index (χ0v) is 24.2. The molecule has 7 rings (SSSR count). The number of halogens is 1. The summed E-state index contributed by atoms with van der Waals surface area (Å²) < 4.78 is 0. The molecule has 1 spiro atoms. The maximum atomic E-state index is 14.8. The maximum absolute atomic E-state index is 14.8. The standard InChI is InChI=1S/C37H30ClNO3/c1-22(2)21-23-11-13-26(14-12-23)34(40)33-32(25-15-18-27(38)19-16-25)37(35(41)28-8-4-5-9-29(28)36(37)42)31-20-17-24-7-3-6-10-30(24)39(31)33/h3-20,22,31-33H,21H2,1-2H3/t31-,32-,33+/m1/s1. The van der Waals surface area contributed by atoms with Gasteiger partial charge < -0.3 is 4.90 Å². The van der Waals surface area contributed by atoms with Crippen LogP contribution in [0.1, 0.15) is 67.5 Å². The molecule has 4 nitrogen and oxygen atoms in total. The minimum atomic E-state index is -1.51. The van der Waals surface area contributed by atoms with E-state index in [1.54, 1.807) is 36.4 Å². The van der Waals surface area contributed by atoms with Crippen LogP contribution >= 0.6 is 11.6 Å². The summed E-state index contributed by atoms with van der Waals surface area (Å²) in [5, 5.41) is 0.546. The van der Waals surface area contributed by atoms with E-state index in [1.807, 2.05) is 77.7 Å². The van der Waals surface area contributed by atoms with Crippen molar-refractivity contribution in [3.05, 3.63) is 142 Å². The highest BCUT2D eigenvalue weighted by Crippen LogP contribution is 2.61. The number of rotatable bonds is 5. The van der Waals surface area contributed by atoms with Gasteiger partial charge in [-0.3, -0.25) is 14.4 Å². The lowest BCUT2D eigenvalue weighted by Crippen LogP contribution is -2.48. The lowest BCUT2D eigenvalue weighted by Gasteiger charge is -2.37. The number of carbonyl (C=O) groups excluding carboxylic acids is 3. The molecule has 208 valence electrons. The molecule has 0 unspecified atom stereocenters. The maximum Gasteiger partial charge on any atom is 0.185 e. The molecule has 0 N–H and O–H groups in total. The number of fused-ring (bicyclic) bond motifs is 5. The van der Waals surface area contributed by atoms with Gasteiger partial charge in [-0.1, -0.05) is 116 Å². The topological polar surface area (TPSA) is 54.5 Å². The minimum absolute atomic E-state index is 0.116. The second-order valence-electron chi connectivity index (χ2n) is 12.0. The molecule has 0 aromatic heterocycles. The van der Waals surface area contributed by atoms with Gasteiger partial charge in [0.15, 0.2) is 17.3 Å². The van der Waals surface area contributed by atoms with Crippen LogP contribution in [0.5, 0.6) is 0 Å². The van der Waals surface area contributed by atoms with E-state index in [0.29, 0.717) is 27.6 Å². The Hall–Kier alpha value is -4.28. The highest BCUT2D eigenvalue weighted by molar-refractivity contribution is 6.32. The summed E-state index contributed by atoms with van der Waals surface area (Å²) in [6.45, 7) is 4.34. The molecule has 0 bridgehead atoms. The predicted octanol–water partition coefficient (Wildman–Crippen LogP) is 7.85. The Balaban J connectivity index is 1.48. The average molecular weight is 572 g/mol. The first kappa shape index (κ1) is 26.6. The van der Waals surface area contributed by atoms with Gasteiger partial charge in [-0.05, 0) is 47.2 Å². The van der Waals surface area contributed by atoms with Gasteiger partial charge in [0, 0.05) is 33.3 Å². The summed E-state index contributed by atoms with van der Waals surface area (Å²) in [7, 11) is 0. The molecular formula is C37H30ClNO3. The van der Waals surface area contributed by atoms with Gasteiger partial charge in [0.05, 0.1) is 6.04 Å². The quantitative estimate of drug-likeness (QED) is 0.181. The molecule has 2 heterocycles. The molecule has 0 amide bonds. The Bertz CT molecular complexity index is 1730. The summed E-state index contributed by atoms with van der Waals surface area (Å²) in [6, 6.07) is 28.5. The van der Waals surface area contributed by atoms with Crippen LogP contribution in [0.4, 0.5) is 5.69 Å². The lowest BCUT2D eigenvalue weighted by atomic mass is 9.64. The number of nitrogens with zero attached hydrogens (tertiary/aromatic N) is 1. The Kier molecular flexibility index (Phi) is 6.29. The van der Waals surface area contributed by atoms with E-state index < -0.39 is 23.4 Å². The van der Waals surface area contributed by atoms with Gasteiger partial charge in [-0.15, -0.1) is 0 Å². The third kappa shape index (κ3) is 3.78. The normalized spacial score (nSPS) is 21.5. The number of benzene rings is 4. The fraction of sp³-hybridized carbons (Fsp3) is 0.216. The van der Waals surface area contributed by atoms with Gasteiger partial charge in [-0.2, -0.15) is 0 Å². The van der Waals surface area contributed by atoms with Crippen LogP contribution < -0.4 is 4.90 Å². The van der Waals surface area contributed by atoms with Crippen molar-refractivity contribution in [1.29, 1.82) is 0 Å². The summed E-state index contributed by atoms with van der Waals surface area (Å²) >= 11 is 6.31. The Morgan fingerprint density at radius 3 is 2.10 bits per heavy atom. The predicted molar refractivity (Wildman–Crippen MR) is 167 cm³/mol. The molecule has 3 aliphatic rings. The molecule has 42 heavy (non-hydrogen) atoms. The van der Waals surface area contributed by atoms with Crippen molar-refractivity contribution < 1.29 is 14.4 Å². The number of carbonyl (C=O) groups is 3. The van der Waals surface area contributed by atoms with Crippen LogP contribution in [0.25, 0.3) is 6.08 Å². The van der Waals surface area contributed by atoms with Crippen molar-refractivity contribution in [2.75, 3.05) is 4.90 Å². The van der Waals surface area contributed by atoms with E-state index in [9.17, 15) is 14.4 Å². The van der Waals surface area contributed by atoms with Crippen molar-refractivity contribution in [2.45, 2.75) is 38.3 Å². The van der Waals surface area contributed by atoms with Crippen LogP contribution in [0.3, 0.4) is 0 Å². The molecule has 4 aromatic rings. The molecule has 1 aliphatic carbocycles. The second-order valence-corrected chi connectivity index (χ2v) is 12.4. The number of para-hydroxylation sites is 1. The van der Waals surface area contributed by atoms with E-state index in [-0.39, 0.29) is 17.3 Å². The zero-order chi connectivity index (χ0) is 29.2. The number of anilines is 1. The van der Waals surface area contributed by atoms with Gasteiger partial charge in [0.1, 0.15) is 11.5 Å².